The van der Waals surface area contributed by atoms with Gasteiger partial charge in [-0.15, -0.1) is 0 Å². The van der Waals surface area contributed by atoms with Crippen molar-refractivity contribution in [3.8, 4) is 0 Å². The average Bonchev–Trinajstić information content (AvgIpc) is 2.39. The lowest BCUT2D eigenvalue weighted by atomic mass is 10.3. The van der Waals surface area contributed by atoms with Crippen molar-refractivity contribution >= 4 is 17.5 Å². The molecule has 0 fully saturated rings. The van der Waals surface area contributed by atoms with Gasteiger partial charge in [0.25, 0.3) is 0 Å². The Morgan fingerprint density at radius 3 is 2.28 bits per heavy atom. The van der Waals surface area contributed by atoms with Gasteiger partial charge in [-0.25, -0.2) is 4.98 Å². The summed E-state index contributed by atoms with van der Waals surface area (Å²) in [5.74, 6) is 1.65. The Kier molecular flexibility index (Phi) is 3.46. The molecule has 0 bridgehead atoms. The van der Waals surface area contributed by atoms with E-state index in [1.807, 2.05) is 74.4 Å². The summed E-state index contributed by atoms with van der Waals surface area (Å²) in [6, 6.07) is 10.1. The Hall–Kier alpha value is -2.10. The Balaban J connectivity index is 2.37. The second-order valence-electron chi connectivity index (χ2n) is 4.47. The molecule has 1 heterocycles. The topological polar surface area (TPSA) is 32.3 Å². The molecule has 0 atom stereocenters. The molecule has 0 aliphatic rings. The van der Waals surface area contributed by atoms with Crippen molar-refractivity contribution in [1.82, 2.24) is 9.97 Å². The average molecular weight is 242 g/mol. The largest absolute Gasteiger partial charge is 0.362 e. The molecule has 0 radical (unpaired) electrons. The van der Waals surface area contributed by atoms with Crippen LogP contribution in [-0.2, 0) is 0 Å². The smallest absolute Gasteiger partial charge is 0.231 e. The molecule has 2 aromatic rings. The standard InChI is InChI=1S/C14H18N4/c1-11-10-15-14(16-13(11)17(2)3)18(4)12-8-6-5-7-9-12/h5-10H,1-4H3. The van der Waals surface area contributed by atoms with E-state index in [1.54, 1.807) is 0 Å². The molecule has 1 aromatic carbocycles. The van der Waals surface area contributed by atoms with Crippen molar-refractivity contribution in [3.05, 3.63) is 42.1 Å². The summed E-state index contributed by atoms with van der Waals surface area (Å²) < 4.78 is 0. The minimum Gasteiger partial charge on any atom is -0.362 e. The van der Waals surface area contributed by atoms with Crippen LogP contribution >= 0.6 is 0 Å². The molecule has 0 saturated heterocycles. The monoisotopic (exact) mass is 242 g/mol. The number of rotatable bonds is 3. The number of benzene rings is 1. The van der Waals surface area contributed by atoms with E-state index in [0.29, 0.717) is 5.95 Å². The zero-order valence-electron chi connectivity index (χ0n) is 11.3. The SMILES string of the molecule is Cc1cnc(N(C)c2ccccc2)nc1N(C)C. The van der Waals surface area contributed by atoms with Gasteiger partial charge in [-0.2, -0.15) is 4.98 Å². The summed E-state index contributed by atoms with van der Waals surface area (Å²) in [6.07, 6.45) is 1.86. The molecular weight excluding hydrogens is 224 g/mol. The van der Waals surface area contributed by atoms with E-state index in [9.17, 15) is 0 Å². The highest BCUT2D eigenvalue weighted by Gasteiger charge is 2.10. The molecule has 0 aliphatic carbocycles. The van der Waals surface area contributed by atoms with Gasteiger partial charge in [-0.1, -0.05) is 18.2 Å². The van der Waals surface area contributed by atoms with Gasteiger partial charge >= 0.3 is 0 Å². The van der Waals surface area contributed by atoms with Gasteiger partial charge in [-0.3, -0.25) is 0 Å². The molecule has 1 aromatic heterocycles. The predicted molar refractivity (Wildman–Crippen MR) is 75.6 cm³/mol. The lowest BCUT2D eigenvalue weighted by Crippen LogP contribution is -2.17. The number of nitrogens with zero attached hydrogens (tertiary/aromatic N) is 4. The van der Waals surface area contributed by atoms with E-state index in [-0.39, 0.29) is 0 Å². The third-order valence-electron chi connectivity index (χ3n) is 2.80. The molecule has 0 amide bonds. The van der Waals surface area contributed by atoms with Gasteiger partial charge in [0.2, 0.25) is 5.95 Å². The molecule has 0 aliphatic heterocycles. The minimum atomic E-state index is 0.704. The zero-order chi connectivity index (χ0) is 13.1. The van der Waals surface area contributed by atoms with Crippen LogP contribution in [0.2, 0.25) is 0 Å². The number of aromatic nitrogens is 2. The summed E-state index contributed by atoms with van der Waals surface area (Å²) in [7, 11) is 5.95. The highest BCUT2D eigenvalue weighted by atomic mass is 15.3. The van der Waals surface area contributed by atoms with Crippen LogP contribution in [-0.4, -0.2) is 31.1 Å². The first-order chi connectivity index (χ1) is 8.59. The van der Waals surface area contributed by atoms with E-state index in [1.165, 1.54) is 0 Å². The molecule has 0 saturated carbocycles. The Morgan fingerprint density at radius 2 is 1.67 bits per heavy atom. The van der Waals surface area contributed by atoms with Crippen molar-refractivity contribution in [1.29, 1.82) is 0 Å². The predicted octanol–water partition coefficient (Wildman–Crippen LogP) is 2.62. The van der Waals surface area contributed by atoms with Gasteiger partial charge in [0.05, 0.1) is 0 Å². The van der Waals surface area contributed by atoms with Gasteiger partial charge in [0.15, 0.2) is 0 Å². The first-order valence-electron chi connectivity index (χ1n) is 5.89. The number of hydrogen-bond acceptors (Lipinski definition) is 4. The van der Waals surface area contributed by atoms with Crippen LogP contribution in [0.1, 0.15) is 5.56 Å². The van der Waals surface area contributed by atoms with Crippen LogP contribution in [0.15, 0.2) is 36.5 Å². The van der Waals surface area contributed by atoms with E-state index in [0.717, 1.165) is 17.1 Å². The number of hydrogen-bond donors (Lipinski definition) is 0. The molecule has 4 heteroatoms. The minimum absolute atomic E-state index is 0.704. The molecule has 18 heavy (non-hydrogen) atoms. The molecular formula is C14H18N4. The molecule has 0 unspecified atom stereocenters. The van der Waals surface area contributed by atoms with Gasteiger partial charge in [-0.05, 0) is 19.1 Å². The second kappa shape index (κ2) is 5.04. The van der Waals surface area contributed by atoms with Crippen LogP contribution in [0, 0.1) is 6.92 Å². The molecule has 94 valence electrons. The molecule has 4 nitrogen and oxygen atoms in total. The third kappa shape index (κ3) is 2.42. The van der Waals surface area contributed by atoms with Gasteiger partial charge < -0.3 is 9.80 Å². The first kappa shape index (κ1) is 12.4. The fourth-order valence-electron chi connectivity index (χ4n) is 1.81. The summed E-state index contributed by atoms with van der Waals surface area (Å²) in [4.78, 5) is 13.0. The Bertz CT molecular complexity index is 523. The van der Waals surface area contributed by atoms with Crippen molar-refractivity contribution in [2.75, 3.05) is 30.9 Å². The van der Waals surface area contributed by atoms with E-state index in [2.05, 4.69) is 9.97 Å². The summed E-state index contributed by atoms with van der Waals surface area (Å²) in [5, 5.41) is 0. The quantitative estimate of drug-likeness (QED) is 0.828. The lowest BCUT2D eigenvalue weighted by Gasteiger charge is -2.20. The molecule has 0 N–H and O–H groups in total. The maximum absolute atomic E-state index is 4.59. The van der Waals surface area contributed by atoms with Crippen LogP contribution in [0.4, 0.5) is 17.5 Å². The van der Waals surface area contributed by atoms with E-state index >= 15 is 0 Å². The molecule has 0 spiro atoms. The highest BCUT2D eigenvalue weighted by Crippen LogP contribution is 2.22. The first-order valence-corrected chi connectivity index (χ1v) is 5.89. The maximum atomic E-state index is 4.59. The van der Waals surface area contributed by atoms with Gasteiger partial charge in [0.1, 0.15) is 5.82 Å². The number of aryl methyl sites for hydroxylation is 1. The fourth-order valence-corrected chi connectivity index (χ4v) is 1.81. The summed E-state index contributed by atoms with van der Waals surface area (Å²) in [6.45, 7) is 2.02. The van der Waals surface area contributed by atoms with Crippen LogP contribution in [0.5, 0.6) is 0 Å². The van der Waals surface area contributed by atoms with Crippen LogP contribution < -0.4 is 9.80 Å². The summed E-state index contributed by atoms with van der Waals surface area (Å²) >= 11 is 0. The Morgan fingerprint density at radius 1 is 1.00 bits per heavy atom. The van der Waals surface area contributed by atoms with Crippen molar-refractivity contribution < 1.29 is 0 Å². The second-order valence-corrected chi connectivity index (χ2v) is 4.47. The van der Waals surface area contributed by atoms with Crippen molar-refractivity contribution in [2.45, 2.75) is 6.92 Å². The van der Waals surface area contributed by atoms with Crippen LogP contribution in [0.25, 0.3) is 0 Å². The zero-order valence-corrected chi connectivity index (χ0v) is 11.3. The Labute approximate surface area is 108 Å². The third-order valence-corrected chi connectivity index (χ3v) is 2.80. The summed E-state index contributed by atoms with van der Waals surface area (Å²) in [5.41, 5.74) is 2.15. The molecule has 2 rings (SSSR count). The highest BCUT2D eigenvalue weighted by molar-refractivity contribution is 5.58. The normalized spacial score (nSPS) is 10.2. The number of para-hydroxylation sites is 1. The fraction of sp³-hybridized carbons (Fsp3) is 0.286. The van der Waals surface area contributed by atoms with Crippen molar-refractivity contribution in [3.63, 3.8) is 0 Å². The van der Waals surface area contributed by atoms with Crippen molar-refractivity contribution in [2.24, 2.45) is 0 Å². The van der Waals surface area contributed by atoms with Gasteiger partial charge in [0, 0.05) is 38.6 Å². The van der Waals surface area contributed by atoms with E-state index < -0.39 is 0 Å². The lowest BCUT2D eigenvalue weighted by molar-refractivity contribution is 0.978. The number of anilines is 3. The van der Waals surface area contributed by atoms with Crippen LogP contribution in [0.3, 0.4) is 0 Å². The van der Waals surface area contributed by atoms with E-state index in [4.69, 9.17) is 0 Å². The maximum Gasteiger partial charge on any atom is 0.231 e.